The summed E-state index contributed by atoms with van der Waals surface area (Å²) >= 11 is 15.1. The van der Waals surface area contributed by atoms with Crippen molar-refractivity contribution in [3.63, 3.8) is 0 Å². The van der Waals surface area contributed by atoms with E-state index in [1.807, 2.05) is 30.3 Å². The highest BCUT2D eigenvalue weighted by Gasteiger charge is 2.11. The number of hydrogen-bond acceptors (Lipinski definition) is 4. The molecule has 0 aliphatic carbocycles. The SMILES string of the molecule is CC(Nc1nc2ccc(Cl)cc2s1)c1ccc(Cl)s1. The van der Waals surface area contributed by atoms with Gasteiger partial charge in [0.2, 0.25) is 0 Å². The molecule has 0 saturated carbocycles. The second kappa shape index (κ2) is 5.29. The first-order valence-corrected chi connectivity index (χ1v) is 8.08. The van der Waals surface area contributed by atoms with Crippen molar-refractivity contribution in [3.8, 4) is 0 Å². The van der Waals surface area contributed by atoms with Crippen molar-refractivity contribution in [2.24, 2.45) is 0 Å². The van der Waals surface area contributed by atoms with Gasteiger partial charge in [0.25, 0.3) is 0 Å². The Morgan fingerprint density at radius 3 is 2.74 bits per heavy atom. The lowest BCUT2D eigenvalue weighted by Crippen LogP contribution is -2.03. The number of nitrogens with zero attached hydrogens (tertiary/aromatic N) is 1. The minimum atomic E-state index is 0.188. The topological polar surface area (TPSA) is 24.9 Å². The summed E-state index contributed by atoms with van der Waals surface area (Å²) in [5.74, 6) is 0. The van der Waals surface area contributed by atoms with Crippen molar-refractivity contribution in [2.75, 3.05) is 5.32 Å². The van der Waals surface area contributed by atoms with Crippen molar-refractivity contribution in [2.45, 2.75) is 13.0 Å². The van der Waals surface area contributed by atoms with E-state index in [9.17, 15) is 0 Å². The Balaban J connectivity index is 1.85. The molecule has 1 N–H and O–H groups in total. The molecular weight excluding hydrogens is 319 g/mol. The number of thiazole rings is 1. The maximum Gasteiger partial charge on any atom is 0.184 e. The number of rotatable bonds is 3. The van der Waals surface area contributed by atoms with Gasteiger partial charge in [-0.15, -0.1) is 11.3 Å². The fourth-order valence-electron chi connectivity index (χ4n) is 1.78. The quantitative estimate of drug-likeness (QED) is 0.653. The molecule has 2 aromatic heterocycles. The van der Waals surface area contributed by atoms with Gasteiger partial charge >= 0.3 is 0 Å². The van der Waals surface area contributed by atoms with Gasteiger partial charge in [0.05, 0.1) is 20.6 Å². The van der Waals surface area contributed by atoms with Crippen LogP contribution in [0.5, 0.6) is 0 Å². The summed E-state index contributed by atoms with van der Waals surface area (Å²) in [6.07, 6.45) is 0. The summed E-state index contributed by atoms with van der Waals surface area (Å²) in [5, 5.41) is 5.03. The Morgan fingerprint density at radius 2 is 2.00 bits per heavy atom. The van der Waals surface area contributed by atoms with Gasteiger partial charge in [-0.25, -0.2) is 4.98 Å². The second-order valence-electron chi connectivity index (χ2n) is 4.14. The van der Waals surface area contributed by atoms with E-state index < -0.39 is 0 Å². The fourth-order valence-corrected chi connectivity index (χ4v) is 4.07. The first-order valence-electron chi connectivity index (χ1n) is 5.70. The summed E-state index contributed by atoms with van der Waals surface area (Å²) in [6, 6.07) is 9.87. The van der Waals surface area contributed by atoms with Gasteiger partial charge in [0, 0.05) is 9.90 Å². The molecule has 6 heteroatoms. The van der Waals surface area contributed by atoms with Gasteiger partial charge in [-0.3, -0.25) is 0 Å². The fraction of sp³-hybridized carbons (Fsp3) is 0.154. The summed E-state index contributed by atoms with van der Waals surface area (Å²) in [7, 11) is 0. The highest BCUT2D eigenvalue weighted by Crippen LogP contribution is 2.33. The van der Waals surface area contributed by atoms with Gasteiger partial charge < -0.3 is 5.32 Å². The minimum Gasteiger partial charge on any atom is -0.354 e. The number of halogens is 2. The zero-order chi connectivity index (χ0) is 13.4. The van der Waals surface area contributed by atoms with Crippen LogP contribution < -0.4 is 5.32 Å². The summed E-state index contributed by atoms with van der Waals surface area (Å²) in [6.45, 7) is 2.10. The smallest absolute Gasteiger partial charge is 0.184 e. The van der Waals surface area contributed by atoms with Crippen molar-refractivity contribution in [1.29, 1.82) is 0 Å². The van der Waals surface area contributed by atoms with Crippen LogP contribution in [0.15, 0.2) is 30.3 Å². The highest BCUT2D eigenvalue weighted by molar-refractivity contribution is 7.22. The van der Waals surface area contributed by atoms with E-state index in [4.69, 9.17) is 23.2 Å². The molecule has 0 aliphatic rings. The van der Waals surface area contributed by atoms with Gasteiger partial charge in [-0.1, -0.05) is 34.5 Å². The van der Waals surface area contributed by atoms with Crippen molar-refractivity contribution in [1.82, 2.24) is 4.98 Å². The van der Waals surface area contributed by atoms with Crippen LogP contribution in [0.25, 0.3) is 10.2 Å². The van der Waals surface area contributed by atoms with Crippen LogP contribution in [0, 0.1) is 0 Å². The molecule has 98 valence electrons. The molecule has 19 heavy (non-hydrogen) atoms. The molecule has 0 saturated heterocycles. The molecule has 1 atom stereocenters. The van der Waals surface area contributed by atoms with E-state index in [1.54, 1.807) is 22.7 Å². The third-order valence-corrected chi connectivity index (χ3v) is 5.31. The number of benzene rings is 1. The molecule has 1 aromatic carbocycles. The Morgan fingerprint density at radius 1 is 1.16 bits per heavy atom. The lowest BCUT2D eigenvalue weighted by Gasteiger charge is -2.09. The van der Waals surface area contributed by atoms with Gasteiger partial charge in [0.15, 0.2) is 5.13 Å². The normalized spacial score (nSPS) is 12.8. The monoisotopic (exact) mass is 328 g/mol. The summed E-state index contributed by atoms with van der Waals surface area (Å²) < 4.78 is 1.89. The molecule has 1 unspecified atom stereocenters. The van der Waals surface area contributed by atoms with E-state index in [-0.39, 0.29) is 6.04 Å². The molecule has 0 spiro atoms. The number of nitrogens with one attached hydrogen (secondary N) is 1. The number of thiophene rings is 1. The van der Waals surface area contributed by atoms with Gasteiger partial charge in [-0.05, 0) is 37.3 Å². The second-order valence-corrected chi connectivity index (χ2v) is 7.35. The lowest BCUT2D eigenvalue weighted by molar-refractivity contribution is 0.905. The van der Waals surface area contributed by atoms with E-state index in [2.05, 4.69) is 17.2 Å². The number of aromatic nitrogens is 1. The van der Waals surface area contributed by atoms with Crippen molar-refractivity contribution in [3.05, 3.63) is 44.6 Å². The van der Waals surface area contributed by atoms with Crippen LogP contribution in [0.4, 0.5) is 5.13 Å². The predicted octanol–water partition coefficient (Wildman–Crippen LogP) is 5.84. The van der Waals surface area contributed by atoms with Crippen LogP contribution >= 0.6 is 45.9 Å². The van der Waals surface area contributed by atoms with Gasteiger partial charge in [-0.2, -0.15) is 0 Å². The van der Waals surface area contributed by atoms with Crippen LogP contribution in [0.1, 0.15) is 17.8 Å². The Hall–Kier alpha value is -0.810. The molecule has 3 rings (SSSR count). The van der Waals surface area contributed by atoms with E-state index >= 15 is 0 Å². The molecule has 0 amide bonds. The molecule has 0 bridgehead atoms. The summed E-state index contributed by atoms with van der Waals surface area (Å²) in [4.78, 5) is 5.74. The average molecular weight is 329 g/mol. The van der Waals surface area contributed by atoms with E-state index in [0.717, 1.165) is 24.7 Å². The predicted molar refractivity (Wildman–Crippen MR) is 86.0 cm³/mol. The zero-order valence-corrected chi connectivity index (χ0v) is 13.1. The molecule has 0 radical (unpaired) electrons. The molecular formula is C13H10Cl2N2S2. The third-order valence-electron chi connectivity index (χ3n) is 2.71. The maximum atomic E-state index is 5.98. The Kier molecular flexibility index (Phi) is 3.67. The molecule has 0 fully saturated rings. The van der Waals surface area contributed by atoms with E-state index in [0.29, 0.717) is 0 Å². The van der Waals surface area contributed by atoms with Crippen molar-refractivity contribution < 1.29 is 0 Å². The van der Waals surface area contributed by atoms with Crippen LogP contribution in [0.3, 0.4) is 0 Å². The van der Waals surface area contributed by atoms with Crippen molar-refractivity contribution >= 4 is 61.2 Å². The van der Waals surface area contributed by atoms with E-state index in [1.165, 1.54) is 4.88 Å². The number of anilines is 1. The summed E-state index contributed by atoms with van der Waals surface area (Å²) in [5.41, 5.74) is 0.966. The zero-order valence-electron chi connectivity index (χ0n) is 9.98. The number of hydrogen-bond donors (Lipinski definition) is 1. The third kappa shape index (κ3) is 2.87. The average Bonchev–Trinajstić information content (AvgIpc) is 2.94. The molecule has 2 nitrogen and oxygen atoms in total. The maximum absolute atomic E-state index is 5.98. The molecule has 2 heterocycles. The van der Waals surface area contributed by atoms with Crippen LogP contribution in [0.2, 0.25) is 9.36 Å². The number of fused-ring (bicyclic) bond motifs is 1. The lowest BCUT2D eigenvalue weighted by atomic mass is 10.3. The standard InChI is InChI=1S/C13H10Cl2N2S2/c1-7(10-4-5-12(15)18-10)16-13-17-9-3-2-8(14)6-11(9)19-13/h2-7H,1H3,(H,16,17). The van der Waals surface area contributed by atoms with Crippen LogP contribution in [-0.4, -0.2) is 4.98 Å². The Labute approximate surface area is 129 Å². The van der Waals surface area contributed by atoms with Crippen LogP contribution in [-0.2, 0) is 0 Å². The first kappa shape index (κ1) is 13.2. The molecule has 3 aromatic rings. The largest absolute Gasteiger partial charge is 0.354 e. The first-order chi connectivity index (χ1) is 9.11. The minimum absolute atomic E-state index is 0.188. The molecule has 0 aliphatic heterocycles. The Bertz CT molecular complexity index is 720. The van der Waals surface area contributed by atoms with Gasteiger partial charge in [0.1, 0.15) is 0 Å². The highest BCUT2D eigenvalue weighted by atomic mass is 35.5.